The van der Waals surface area contributed by atoms with E-state index in [1.807, 2.05) is 43.5 Å². The first kappa shape index (κ1) is 43.9. The zero-order valence-corrected chi connectivity index (χ0v) is 34.8. The summed E-state index contributed by atoms with van der Waals surface area (Å²) in [6.45, 7) is 7.72. The first-order chi connectivity index (χ1) is 28.7. The van der Waals surface area contributed by atoms with Crippen LogP contribution < -0.4 is 35.5 Å². The summed E-state index contributed by atoms with van der Waals surface area (Å²) < 4.78 is 51.6. The Kier molecular flexibility index (Phi) is 14.0. The number of carbonyl (C=O) groups is 4. The summed E-state index contributed by atoms with van der Waals surface area (Å²) in [6.07, 6.45) is 1.21. The van der Waals surface area contributed by atoms with Gasteiger partial charge in [0.1, 0.15) is 40.3 Å². The second-order valence-electron chi connectivity index (χ2n) is 14.5. The van der Waals surface area contributed by atoms with Gasteiger partial charge in [-0.3, -0.25) is 19.2 Å². The molecule has 6 rings (SSSR count). The molecule has 60 heavy (non-hydrogen) atoms. The summed E-state index contributed by atoms with van der Waals surface area (Å²) in [6, 6.07) is 12.2. The van der Waals surface area contributed by atoms with Gasteiger partial charge in [-0.1, -0.05) is 18.2 Å². The van der Waals surface area contributed by atoms with E-state index in [1.165, 1.54) is 41.7 Å². The van der Waals surface area contributed by atoms with Crippen LogP contribution in [0.25, 0.3) is 22.3 Å². The molecular formula is C40H47N7O11S2. The van der Waals surface area contributed by atoms with Gasteiger partial charge in [-0.05, 0) is 44.5 Å². The third-order valence-corrected chi connectivity index (χ3v) is 11.8. The van der Waals surface area contributed by atoms with Crippen molar-refractivity contribution in [2.45, 2.75) is 61.7 Å². The van der Waals surface area contributed by atoms with E-state index in [0.717, 1.165) is 10.5 Å². The molecule has 1 saturated heterocycles. The summed E-state index contributed by atoms with van der Waals surface area (Å²) in [5.74, 6) is -2.55. The minimum absolute atomic E-state index is 0.00429. The molecule has 2 aromatic carbocycles. The number of sulfonamides is 1. The molecule has 18 nitrogen and oxygen atoms in total. The molecule has 20 heteroatoms. The molecule has 2 fully saturated rings. The van der Waals surface area contributed by atoms with Crippen LogP contribution >= 0.6 is 11.3 Å². The Morgan fingerprint density at radius 3 is 2.58 bits per heavy atom. The number of carboxylic acids is 1. The van der Waals surface area contributed by atoms with Gasteiger partial charge in [-0.25, -0.2) is 23.1 Å². The average molecular weight is 866 g/mol. The van der Waals surface area contributed by atoms with Crippen LogP contribution in [0.2, 0.25) is 0 Å². The number of fused-ring (bicyclic) bond motifs is 1. The fourth-order valence-electron chi connectivity index (χ4n) is 6.55. The number of amides is 3. The largest absolute Gasteiger partial charge is 0.497 e. The second-order valence-corrected chi connectivity index (χ2v) is 17.0. The van der Waals surface area contributed by atoms with Crippen molar-refractivity contribution in [1.29, 1.82) is 0 Å². The zero-order chi connectivity index (χ0) is 43.0. The van der Waals surface area contributed by atoms with Gasteiger partial charge in [0.25, 0.3) is 15.9 Å². The fraction of sp³-hybridized carbons (Fsp3) is 0.400. The summed E-state index contributed by atoms with van der Waals surface area (Å²) in [7, 11) is -2.99. The molecule has 4 atom stereocenters. The summed E-state index contributed by atoms with van der Waals surface area (Å²) >= 11 is 1.47. The number of carbonyl (C=O) groups excluding carboxylic acids is 3. The van der Waals surface area contributed by atoms with Crippen LogP contribution in [0.1, 0.15) is 33.1 Å². The average Bonchev–Trinajstić information content (AvgIpc) is 3.45. The molecule has 4 aromatic rings. The summed E-state index contributed by atoms with van der Waals surface area (Å²) in [5.41, 5.74) is 0.205. The maximum atomic E-state index is 13.8. The Bertz CT molecular complexity index is 2360. The van der Waals surface area contributed by atoms with E-state index < -0.39 is 63.9 Å². The van der Waals surface area contributed by atoms with Gasteiger partial charge >= 0.3 is 5.97 Å². The number of carboxylic acid groups (broad SMARTS) is 1. The van der Waals surface area contributed by atoms with E-state index in [2.05, 4.69) is 32.6 Å². The van der Waals surface area contributed by atoms with Crippen LogP contribution in [0.3, 0.4) is 0 Å². The number of hydrogen-bond acceptors (Lipinski definition) is 15. The van der Waals surface area contributed by atoms with Crippen molar-refractivity contribution in [3.05, 3.63) is 66.6 Å². The Labute approximate surface area is 350 Å². The van der Waals surface area contributed by atoms with Crippen molar-refractivity contribution in [1.82, 2.24) is 25.3 Å². The molecule has 4 unspecified atom stereocenters. The third kappa shape index (κ3) is 10.7. The number of hydrogen-bond donors (Lipinski definition) is 6. The number of para-hydroxylation sites is 1. The Hall–Kier alpha value is -5.67. The van der Waals surface area contributed by atoms with E-state index in [-0.39, 0.29) is 55.7 Å². The van der Waals surface area contributed by atoms with Gasteiger partial charge in [-0.2, -0.15) is 0 Å². The lowest BCUT2D eigenvalue weighted by Gasteiger charge is -2.21. The molecule has 0 spiro atoms. The molecule has 0 bridgehead atoms. The van der Waals surface area contributed by atoms with Crippen molar-refractivity contribution in [2.24, 2.45) is 5.92 Å². The minimum Gasteiger partial charge on any atom is -0.497 e. The fourth-order valence-corrected chi connectivity index (χ4v) is 8.61. The highest BCUT2D eigenvalue weighted by Crippen LogP contribution is 2.45. The van der Waals surface area contributed by atoms with Gasteiger partial charge in [-0.15, -0.1) is 17.9 Å². The number of rotatable bonds is 21. The number of ether oxygens (including phenoxy) is 4. The van der Waals surface area contributed by atoms with E-state index in [0.29, 0.717) is 34.9 Å². The molecule has 3 heterocycles. The maximum absolute atomic E-state index is 13.8. The highest BCUT2D eigenvalue weighted by atomic mass is 32.2. The van der Waals surface area contributed by atoms with Crippen LogP contribution in [0.5, 0.6) is 11.5 Å². The number of nitrogens with zero attached hydrogens (tertiary/aromatic N) is 2. The highest BCUT2D eigenvalue weighted by Gasteiger charge is 2.61. The lowest BCUT2D eigenvalue weighted by molar-refractivity contribution is -0.138. The van der Waals surface area contributed by atoms with Crippen LogP contribution in [-0.2, 0) is 38.7 Å². The van der Waals surface area contributed by atoms with Gasteiger partial charge < -0.3 is 45.3 Å². The van der Waals surface area contributed by atoms with Crippen LogP contribution in [0.4, 0.5) is 10.8 Å². The number of anilines is 2. The minimum atomic E-state index is -4.57. The number of aromatic nitrogens is 2. The summed E-state index contributed by atoms with van der Waals surface area (Å²) in [5, 5.41) is 23.8. The molecular weight excluding hydrogens is 819 g/mol. The van der Waals surface area contributed by atoms with E-state index in [1.54, 1.807) is 7.11 Å². The number of aliphatic carboxylic acids is 1. The Morgan fingerprint density at radius 2 is 1.85 bits per heavy atom. The SMILES string of the molecule is C=CC1CC1(NC(=O)C1CC(Oc2cc(-c3csc(NC(C)C)n3)nc3cc(OC)ccc23)CN1)C(=O)NS(=O)(=O)c1ccccc1NC(=O)COCCOCCC(=O)O. The van der Waals surface area contributed by atoms with Crippen LogP contribution in [0.15, 0.2) is 71.5 Å². The standard InChI is InChI=1S/C40H47N7O11S2/c1-5-24-19-40(24,38(52)47-60(53,54)34-9-7-6-8-28(34)44-35(48)21-57-15-14-56-13-12-36(49)50)46-37(51)31-17-26(20-41-31)58-33-18-30(32-22-59-39(45-32)42-23(2)3)43-29-16-25(55-4)10-11-27(29)33/h5-11,16,18,22-24,26,31,41H,1,12-15,17,19-21H2,2-4H3,(H,42,45)(H,44,48)(H,46,51)(H,47,52)(H,49,50). The molecule has 3 amide bonds. The quantitative estimate of drug-likeness (QED) is 0.0520. The van der Waals surface area contributed by atoms with E-state index >= 15 is 0 Å². The lowest BCUT2D eigenvalue weighted by atomic mass is 10.1. The van der Waals surface area contributed by atoms with Crippen molar-refractivity contribution >= 4 is 66.8 Å². The van der Waals surface area contributed by atoms with E-state index in [9.17, 15) is 27.6 Å². The van der Waals surface area contributed by atoms with Gasteiger partial charge in [0, 0.05) is 47.8 Å². The Balaban J connectivity index is 1.09. The van der Waals surface area contributed by atoms with Crippen molar-refractivity contribution in [2.75, 3.05) is 50.7 Å². The van der Waals surface area contributed by atoms with Gasteiger partial charge in [0.05, 0.1) is 56.3 Å². The first-order valence-corrected chi connectivity index (χ1v) is 21.5. The molecule has 1 saturated carbocycles. The van der Waals surface area contributed by atoms with Crippen molar-refractivity contribution in [3.63, 3.8) is 0 Å². The zero-order valence-electron chi connectivity index (χ0n) is 33.2. The number of methoxy groups -OCH3 is 1. The lowest BCUT2D eigenvalue weighted by Crippen LogP contribution is -2.55. The monoisotopic (exact) mass is 865 g/mol. The molecule has 1 aliphatic heterocycles. The Morgan fingerprint density at radius 1 is 1.07 bits per heavy atom. The molecule has 1 aliphatic carbocycles. The number of nitrogens with one attached hydrogen (secondary N) is 5. The van der Waals surface area contributed by atoms with Gasteiger partial charge in [0.15, 0.2) is 5.13 Å². The van der Waals surface area contributed by atoms with Crippen LogP contribution in [0, 0.1) is 5.92 Å². The molecule has 6 N–H and O–H groups in total. The highest BCUT2D eigenvalue weighted by molar-refractivity contribution is 7.90. The molecule has 2 aliphatic rings. The molecule has 0 radical (unpaired) electrons. The van der Waals surface area contributed by atoms with E-state index in [4.69, 9.17) is 34.0 Å². The molecule has 2 aromatic heterocycles. The number of pyridine rings is 1. The topological polar surface area (TPSA) is 245 Å². The second kappa shape index (κ2) is 19.1. The summed E-state index contributed by atoms with van der Waals surface area (Å²) in [4.78, 5) is 59.8. The van der Waals surface area contributed by atoms with Crippen molar-refractivity contribution < 1.29 is 51.6 Å². The van der Waals surface area contributed by atoms with Crippen LogP contribution in [-0.4, -0.2) is 111 Å². The predicted molar refractivity (Wildman–Crippen MR) is 222 cm³/mol. The predicted octanol–water partition coefficient (Wildman–Crippen LogP) is 3.31. The smallest absolute Gasteiger partial charge is 0.305 e. The maximum Gasteiger partial charge on any atom is 0.305 e. The number of benzene rings is 2. The van der Waals surface area contributed by atoms with Gasteiger partial charge in [0.2, 0.25) is 11.8 Å². The first-order valence-electron chi connectivity index (χ1n) is 19.1. The molecule has 320 valence electrons. The normalized spacial score (nSPS) is 19.7. The van der Waals surface area contributed by atoms with Crippen molar-refractivity contribution in [3.8, 4) is 22.9 Å². The number of thiazole rings is 1. The third-order valence-electron chi connectivity index (χ3n) is 9.65.